The lowest BCUT2D eigenvalue weighted by Gasteiger charge is -2.63. The van der Waals surface area contributed by atoms with Crippen LogP contribution in [0, 0.1) is 23.7 Å². The summed E-state index contributed by atoms with van der Waals surface area (Å²) in [6.07, 6.45) is 6.09. The molecule has 12 rings (SSSR count). The van der Waals surface area contributed by atoms with Gasteiger partial charge in [-0.25, -0.2) is 8.42 Å². The fraction of sp³-hybridized carbons (Fsp3) is 0.265. The van der Waals surface area contributed by atoms with Crippen LogP contribution in [-0.4, -0.2) is 8.42 Å². The lowest BCUT2D eigenvalue weighted by Crippen LogP contribution is -2.57. The van der Waals surface area contributed by atoms with Gasteiger partial charge in [0.25, 0.3) is 0 Å². The van der Waals surface area contributed by atoms with E-state index in [1.807, 2.05) is 18.2 Å². The number of nitrogens with zero attached hydrogens (tertiary/aromatic N) is 1. The molecule has 3 nitrogen and oxygen atoms in total. The second kappa shape index (κ2) is 11.1. The molecule has 4 fully saturated rings. The van der Waals surface area contributed by atoms with Crippen molar-refractivity contribution >= 4 is 26.9 Å². The predicted octanol–water partition coefficient (Wildman–Crippen LogP) is 12.0. The molecule has 0 N–H and O–H groups in total. The normalized spacial score (nSPS) is 26.1. The number of hydrogen-bond acceptors (Lipinski definition) is 3. The molecule has 53 heavy (non-hydrogen) atoms. The quantitative estimate of drug-likeness (QED) is 0.183. The van der Waals surface area contributed by atoms with Crippen molar-refractivity contribution in [3.05, 3.63) is 162 Å². The molecule has 4 heteroatoms. The SMILES string of the molecule is CC1(C)c2ccccc2-c2ccc(N(c3ccc4c(c3)C3(c5ccccc5S4(=O)=O)C4CC5CC(C4)CC3C5)c3ccccc3-c3ccccc3)cc21. The Morgan fingerprint density at radius 2 is 1.06 bits per heavy atom. The van der Waals surface area contributed by atoms with E-state index in [9.17, 15) is 8.42 Å². The Morgan fingerprint density at radius 1 is 0.509 bits per heavy atom. The Balaban J connectivity index is 1.18. The molecule has 0 saturated heterocycles. The Labute approximate surface area is 313 Å². The first-order valence-electron chi connectivity index (χ1n) is 19.4. The lowest BCUT2D eigenvalue weighted by atomic mass is 9.42. The maximum absolute atomic E-state index is 14.7. The summed E-state index contributed by atoms with van der Waals surface area (Å²) >= 11 is 0. The summed E-state index contributed by atoms with van der Waals surface area (Å²) in [5.41, 5.74) is 12.3. The van der Waals surface area contributed by atoms with Crippen LogP contribution in [-0.2, 0) is 20.7 Å². The first kappa shape index (κ1) is 31.6. The van der Waals surface area contributed by atoms with Crippen LogP contribution >= 0.6 is 0 Å². The third-order valence-corrected chi connectivity index (χ3v) is 15.9. The summed E-state index contributed by atoms with van der Waals surface area (Å²) in [6.45, 7) is 4.67. The molecule has 6 aromatic carbocycles. The van der Waals surface area contributed by atoms with E-state index in [1.54, 1.807) is 0 Å². The van der Waals surface area contributed by atoms with Crippen molar-refractivity contribution in [3.8, 4) is 22.3 Å². The van der Waals surface area contributed by atoms with Gasteiger partial charge < -0.3 is 4.90 Å². The number of fused-ring (bicyclic) bond motifs is 5. The second-order valence-corrected chi connectivity index (χ2v) is 18.9. The zero-order valence-electron chi connectivity index (χ0n) is 30.3. The largest absolute Gasteiger partial charge is 0.310 e. The van der Waals surface area contributed by atoms with Crippen LogP contribution in [0.1, 0.15) is 68.2 Å². The number of para-hydroxylation sites is 1. The summed E-state index contributed by atoms with van der Waals surface area (Å²) < 4.78 is 29.3. The molecular formula is C49H43NO2S. The summed E-state index contributed by atoms with van der Waals surface area (Å²) in [4.78, 5) is 3.44. The fourth-order valence-electron chi connectivity index (χ4n) is 12.1. The van der Waals surface area contributed by atoms with Crippen molar-refractivity contribution < 1.29 is 8.42 Å². The Bertz CT molecular complexity index is 2560. The fourth-order valence-corrected chi connectivity index (χ4v) is 13.9. The van der Waals surface area contributed by atoms with E-state index in [4.69, 9.17) is 0 Å². The van der Waals surface area contributed by atoms with Gasteiger partial charge in [-0.2, -0.15) is 0 Å². The third-order valence-electron chi connectivity index (χ3n) is 14.1. The average molecular weight is 710 g/mol. The van der Waals surface area contributed by atoms with Gasteiger partial charge in [0.2, 0.25) is 9.84 Å². The smallest absolute Gasteiger partial charge is 0.207 e. The molecule has 0 radical (unpaired) electrons. The van der Waals surface area contributed by atoms with E-state index in [1.165, 1.54) is 54.4 Å². The third kappa shape index (κ3) is 4.25. The monoisotopic (exact) mass is 709 g/mol. The van der Waals surface area contributed by atoms with E-state index in [-0.39, 0.29) is 10.8 Å². The lowest BCUT2D eigenvalue weighted by molar-refractivity contribution is -0.0446. The van der Waals surface area contributed by atoms with E-state index >= 15 is 0 Å². The van der Waals surface area contributed by atoms with Gasteiger partial charge in [0, 0.05) is 27.8 Å². The molecule has 0 atom stereocenters. The molecule has 6 aliphatic rings. The van der Waals surface area contributed by atoms with Gasteiger partial charge in [0.05, 0.1) is 15.5 Å². The van der Waals surface area contributed by atoms with Gasteiger partial charge in [-0.1, -0.05) is 111 Å². The minimum Gasteiger partial charge on any atom is -0.310 e. The number of benzene rings is 6. The van der Waals surface area contributed by atoms with E-state index < -0.39 is 9.84 Å². The van der Waals surface area contributed by atoms with Crippen LogP contribution in [0.2, 0.25) is 0 Å². The maximum atomic E-state index is 14.7. The van der Waals surface area contributed by atoms with Crippen LogP contribution in [0.4, 0.5) is 17.1 Å². The Kier molecular flexibility index (Phi) is 6.59. The van der Waals surface area contributed by atoms with Gasteiger partial charge in [-0.15, -0.1) is 0 Å². The molecule has 1 aliphatic heterocycles. The molecule has 6 aromatic rings. The minimum atomic E-state index is -3.71. The highest BCUT2D eigenvalue weighted by Crippen LogP contribution is 2.68. The zero-order valence-corrected chi connectivity index (χ0v) is 31.1. The molecule has 1 heterocycles. The molecule has 4 saturated carbocycles. The van der Waals surface area contributed by atoms with E-state index in [2.05, 4.69) is 140 Å². The first-order chi connectivity index (χ1) is 25.8. The second-order valence-electron chi connectivity index (χ2n) is 17.0. The van der Waals surface area contributed by atoms with Crippen LogP contribution in [0.15, 0.2) is 149 Å². The van der Waals surface area contributed by atoms with Gasteiger partial charge in [0.15, 0.2) is 0 Å². The molecule has 4 bridgehead atoms. The molecule has 5 aliphatic carbocycles. The summed E-state index contributed by atoms with van der Waals surface area (Å²) in [7, 11) is -3.71. The van der Waals surface area contributed by atoms with Crippen molar-refractivity contribution in [2.45, 2.75) is 66.6 Å². The summed E-state index contributed by atoms with van der Waals surface area (Å²) in [5.74, 6) is 2.39. The molecule has 0 unspecified atom stereocenters. The summed E-state index contributed by atoms with van der Waals surface area (Å²) in [6, 6.07) is 49.4. The first-order valence-corrected chi connectivity index (χ1v) is 20.9. The van der Waals surface area contributed by atoms with Crippen molar-refractivity contribution in [1.82, 2.24) is 0 Å². The average Bonchev–Trinajstić information content (AvgIpc) is 3.41. The molecule has 262 valence electrons. The van der Waals surface area contributed by atoms with Crippen LogP contribution in [0.25, 0.3) is 22.3 Å². The van der Waals surface area contributed by atoms with Gasteiger partial charge in [0.1, 0.15) is 0 Å². The predicted molar refractivity (Wildman–Crippen MR) is 214 cm³/mol. The number of rotatable bonds is 4. The van der Waals surface area contributed by atoms with E-state index in [0.717, 1.165) is 51.2 Å². The highest BCUT2D eigenvalue weighted by molar-refractivity contribution is 7.91. The molecule has 0 amide bonds. The van der Waals surface area contributed by atoms with Crippen LogP contribution in [0.3, 0.4) is 0 Å². The molecular weight excluding hydrogens is 667 g/mol. The highest BCUT2D eigenvalue weighted by Gasteiger charge is 2.62. The van der Waals surface area contributed by atoms with Crippen LogP contribution < -0.4 is 4.90 Å². The highest BCUT2D eigenvalue weighted by atomic mass is 32.2. The van der Waals surface area contributed by atoms with Crippen molar-refractivity contribution in [1.29, 1.82) is 0 Å². The van der Waals surface area contributed by atoms with Crippen molar-refractivity contribution in [2.24, 2.45) is 23.7 Å². The molecule has 0 aromatic heterocycles. The minimum absolute atomic E-state index is 0.162. The zero-order chi connectivity index (χ0) is 35.7. The van der Waals surface area contributed by atoms with Crippen molar-refractivity contribution in [2.75, 3.05) is 4.90 Å². The topological polar surface area (TPSA) is 37.4 Å². The number of sulfone groups is 1. The Morgan fingerprint density at radius 3 is 1.79 bits per heavy atom. The number of anilines is 3. The molecule has 1 spiro atoms. The van der Waals surface area contributed by atoms with Crippen molar-refractivity contribution in [3.63, 3.8) is 0 Å². The van der Waals surface area contributed by atoms with Gasteiger partial charge in [-0.05, 0) is 137 Å². The Hall–Kier alpha value is -4.93. The number of hydrogen-bond donors (Lipinski definition) is 0. The van der Waals surface area contributed by atoms with Gasteiger partial charge in [-0.3, -0.25) is 0 Å². The summed E-state index contributed by atoms with van der Waals surface area (Å²) in [5, 5.41) is 0. The van der Waals surface area contributed by atoms with Crippen LogP contribution in [0.5, 0.6) is 0 Å². The van der Waals surface area contributed by atoms with E-state index in [0.29, 0.717) is 21.6 Å². The standard InChI is InChI=1S/C49H43NO2S/c1-48(2)41-16-8-6-15-39(41)40-22-20-36(29-43(40)48)50(45-18-10-7-14-38(45)33-12-4-3-5-13-33)37-21-23-47-44(30-37)49(42-17-9-11-19-46(42)53(47,51)52)34-25-31-24-32(27-34)28-35(49)26-31/h3-23,29-32,34-35H,24-28H2,1-2H3. The van der Waals surface area contributed by atoms with Gasteiger partial charge >= 0.3 is 0 Å². The maximum Gasteiger partial charge on any atom is 0.207 e.